The van der Waals surface area contributed by atoms with Crippen molar-refractivity contribution in [2.45, 2.75) is 26.5 Å². The first-order valence-corrected chi connectivity index (χ1v) is 8.67. The lowest BCUT2D eigenvalue weighted by Crippen LogP contribution is -2.37. The molecule has 7 heteroatoms. The number of aromatic nitrogens is 3. The molecule has 6 nitrogen and oxygen atoms in total. The summed E-state index contributed by atoms with van der Waals surface area (Å²) in [4.78, 5) is 24.0. The Morgan fingerprint density at radius 2 is 2.07 bits per heavy atom. The lowest BCUT2D eigenvalue weighted by Gasteiger charge is -2.13. The molecule has 1 atom stereocenters. The van der Waals surface area contributed by atoms with Crippen LogP contribution in [0.15, 0.2) is 48.7 Å². The minimum absolute atomic E-state index is 0.109. The fourth-order valence-corrected chi connectivity index (χ4v) is 2.62. The Bertz CT molecular complexity index is 925. The van der Waals surface area contributed by atoms with E-state index in [2.05, 4.69) is 20.3 Å². The Kier molecular flexibility index (Phi) is 5.61. The van der Waals surface area contributed by atoms with E-state index in [9.17, 15) is 14.3 Å². The highest BCUT2D eigenvalue weighted by atomic mass is 19.1. The van der Waals surface area contributed by atoms with Gasteiger partial charge in [-0.05, 0) is 30.2 Å². The summed E-state index contributed by atoms with van der Waals surface area (Å²) in [5.74, 6) is -0.529. The standard InChI is InChI=1S/C20H21FN4O2/c1-12(2)19(26)20(27)23-11-16-24-17(13-6-5-7-14(21)10-13)18(25-16)15-8-3-4-9-22-15/h3-10,12,19,26H,11H2,1-2H3,(H,23,27)(H,24,25)/t19-/m1/s1. The van der Waals surface area contributed by atoms with E-state index in [4.69, 9.17) is 0 Å². The Balaban J connectivity index is 1.92. The maximum absolute atomic E-state index is 13.7. The predicted molar refractivity (Wildman–Crippen MR) is 99.9 cm³/mol. The van der Waals surface area contributed by atoms with E-state index in [1.165, 1.54) is 12.1 Å². The van der Waals surface area contributed by atoms with Crippen LogP contribution in [0, 0.1) is 11.7 Å². The number of aliphatic hydroxyl groups is 1. The third-order valence-corrected chi connectivity index (χ3v) is 4.10. The Morgan fingerprint density at radius 1 is 1.26 bits per heavy atom. The van der Waals surface area contributed by atoms with Gasteiger partial charge in [0.05, 0.1) is 23.6 Å². The summed E-state index contributed by atoms with van der Waals surface area (Å²) in [6.07, 6.45) is 0.573. The maximum Gasteiger partial charge on any atom is 0.249 e. The number of carbonyl (C=O) groups is 1. The zero-order valence-electron chi connectivity index (χ0n) is 15.1. The molecule has 27 heavy (non-hydrogen) atoms. The number of hydrogen-bond donors (Lipinski definition) is 3. The number of pyridine rings is 1. The molecule has 2 aromatic heterocycles. The van der Waals surface area contributed by atoms with E-state index >= 15 is 0 Å². The van der Waals surface area contributed by atoms with Crippen LogP contribution < -0.4 is 5.32 Å². The lowest BCUT2D eigenvalue weighted by atomic mass is 10.1. The van der Waals surface area contributed by atoms with Crippen LogP contribution in [0.25, 0.3) is 22.6 Å². The molecule has 3 N–H and O–H groups in total. The Morgan fingerprint density at radius 3 is 2.74 bits per heavy atom. The first-order valence-electron chi connectivity index (χ1n) is 8.67. The number of halogens is 1. The summed E-state index contributed by atoms with van der Waals surface area (Å²) >= 11 is 0. The van der Waals surface area contributed by atoms with Gasteiger partial charge in [0, 0.05) is 11.8 Å². The van der Waals surface area contributed by atoms with Crippen molar-refractivity contribution >= 4 is 5.91 Å². The number of H-pyrrole nitrogens is 1. The van der Waals surface area contributed by atoms with Gasteiger partial charge in [0.1, 0.15) is 17.7 Å². The van der Waals surface area contributed by atoms with Crippen molar-refractivity contribution in [3.8, 4) is 22.6 Å². The van der Waals surface area contributed by atoms with Gasteiger partial charge in [-0.3, -0.25) is 9.78 Å². The third kappa shape index (κ3) is 4.38. The summed E-state index contributed by atoms with van der Waals surface area (Å²) in [6.45, 7) is 3.63. The molecule has 0 aliphatic rings. The van der Waals surface area contributed by atoms with Crippen molar-refractivity contribution in [2.75, 3.05) is 0 Å². The van der Waals surface area contributed by atoms with Gasteiger partial charge in [0.25, 0.3) is 0 Å². The van der Waals surface area contributed by atoms with Crippen LogP contribution in [-0.4, -0.2) is 32.1 Å². The molecule has 0 fully saturated rings. The molecule has 0 spiro atoms. The molecular weight excluding hydrogens is 347 g/mol. The van der Waals surface area contributed by atoms with E-state index < -0.39 is 12.0 Å². The van der Waals surface area contributed by atoms with E-state index in [0.29, 0.717) is 28.5 Å². The second-order valence-electron chi connectivity index (χ2n) is 6.54. The van der Waals surface area contributed by atoms with Crippen LogP contribution in [0.3, 0.4) is 0 Å². The Labute approximate surface area is 156 Å². The van der Waals surface area contributed by atoms with E-state index in [-0.39, 0.29) is 18.3 Å². The number of imidazole rings is 1. The molecule has 0 saturated carbocycles. The van der Waals surface area contributed by atoms with Crippen LogP contribution in [0.4, 0.5) is 4.39 Å². The van der Waals surface area contributed by atoms with Crippen molar-refractivity contribution in [3.63, 3.8) is 0 Å². The second kappa shape index (κ2) is 8.09. The molecule has 3 aromatic rings. The zero-order valence-corrected chi connectivity index (χ0v) is 15.1. The van der Waals surface area contributed by atoms with E-state index in [1.807, 2.05) is 12.1 Å². The highest BCUT2D eigenvalue weighted by Crippen LogP contribution is 2.29. The van der Waals surface area contributed by atoms with Crippen molar-refractivity contribution in [1.82, 2.24) is 20.3 Å². The predicted octanol–water partition coefficient (Wildman–Crippen LogP) is 2.91. The van der Waals surface area contributed by atoms with Crippen molar-refractivity contribution < 1.29 is 14.3 Å². The van der Waals surface area contributed by atoms with E-state index in [0.717, 1.165) is 0 Å². The topological polar surface area (TPSA) is 90.9 Å². The van der Waals surface area contributed by atoms with Gasteiger partial charge in [-0.25, -0.2) is 9.37 Å². The van der Waals surface area contributed by atoms with Gasteiger partial charge in [0.15, 0.2) is 0 Å². The third-order valence-electron chi connectivity index (χ3n) is 4.10. The van der Waals surface area contributed by atoms with E-state index in [1.54, 1.807) is 38.2 Å². The van der Waals surface area contributed by atoms with Crippen LogP contribution in [0.1, 0.15) is 19.7 Å². The lowest BCUT2D eigenvalue weighted by molar-refractivity contribution is -0.131. The highest BCUT2D eigenvalue weighted by Gasteiger charge is 2.20. The van der Waals surface area contributed by atoms with Crippen molar-refractivity contribution in [1.29, 1.82) is 0 Å². The van der Waals surface area contributed by atoms with Crippen LogP contribution >= 0.6 is 0 Å². The number of nitrogens with one attached hydrogen (secondary N) is 2. The molecule has 3 rings (SSSR count). The average Bonchev–Trinajstić information content (AvgIpc) is 3.10. The van der Waals surface area contributed by atoms with Crippen molar-refractivity contribution in [3.05, 3.63) is 60.3 Å². The summed E-state index contributed by atoms with van der Waals surface area (Å²) in [7, 11) is 0. The SMILES string of the molecule is CC(C)[C@@H](O)C(=O)NCc1nc(-c2cccc(F)c2)c(-c2ccccn2)[nH]1. The number of benzene rings is 1. The first-order chi connectivity index (χ1) is 13.0. The van der Waals surface area contributed by atoms with Gasteiger partial charge >= 0.3 is 0 Å². The minimum atomic E-state index is -1.09. The van der Waals surface area contributed by atoms with Gasteiger partial charge in [-0.1, -0.05) is 32.0 Å². The molecular formula is C20H21FN4O2. The zero-order chi connectivity index (χ0) is 19.4. The summed E-state index contributed by atoms with van der Waals surface area (Å²) in [5, 5.41) is 12.5. The summed E-state index contributed by atoms with van der Waals surface area (Å²) in [5.41, 5.74) is 2.44. The van der Waals surface area contributed by atoms with Crippen molar-refractivity contribution in [2.24, 2.45) is 5.92 Å². The number of aromatic amines is 1. The first kappa shape index (κ1) is 18.7. The van der Waals surface area contributed by atoms with Gasteiger partial charge in [-0.2, -0.15) is 0 Å². The molecule has 2 heterocycles. The largest absolute Gasteiger partial charge is 0.383 e. The fraction of sp³-hybridized carbons (Fsp3) is 0.250. The molecule has 1 aromatic carbocycles. The average molecular weight is 368 g/mol. The number of aliphatic hydroxyl groups excluding tert-OH is 1. The van der Waals surface area contributed by atoms with Crippen LogP contribution in [-0.2, 0) is 11.3 Å². The quantitative estimate of drug-likeness (QED) is 0.624. The molecule has 0 saturated heterocycles. The molecule has 0 unspecified atom stereocenters. The minimum Gasteiger partial charge on any atom is -0.383 e. The number of hydrogen-bond acceptors (Lipinski definition) is 4. The summed E-state index contributed by atoms with van der Waals surface area (Å²) in [6, 6.07) is 11.6. The fourth-order valence-electron chi connectivity index (χ4n) is 2.62. The molecule has 140 valence electrons. The number of amides is 1. The monoisotopic (exact) mass is 368 g/mol. The van der Waals surface area contributed by atoms with Gasteiger partial charge < -0.3 is 15.4 Å². The molecule has 0 bridgehead atoms. The highest BCUT2D eigenvalue weighted by molar-refractivity contribution is 5.81. The molecule has 0 aliphatic carbocycles. The number of rotatable bonds is 6. The normalized spacial score (nSPS) is 12.2. The molecule has 0 radical (unpaired) electrons. The number of carbonyl (C=O) groups excluding carboxylic acids is 1. The second-order valence-corrected chi connectivity index (χ2v) is 6.54. The number of nitrogens with zero attached hydrogens (tertiary/aromatic N) is 2. The van der Waals surface area contributed by atoms with Gasteiger partial charge in [-0.15, -0.1) is 0 Å². The van der Waals surface area contributed by atoms with Crippen LogP contribution in [0.2, 0.25) is 0 Å². The smallest absolute Gasteiger partial charge is 0.249 e. The molecule has 0 aliphatic heterocycles. The Hall–Kier alpha value is -3.06. The summed E-state index contributed by atoms with van der Waals surface area (Å²) < 4.78 is 13.7. The van der Waals surface area contributed by atoms with Gasteiger partial charge in [0.2, 0.25) is 5.91 Å². The van der Waals surface area contributed by atoms with Crippen LogP contribution in [0.5, 0.6) is 0 Å². The molecule has 1 amide bonds. The maximum atomic E-state index is 13.7.